The number of rotatable bonds is 5. The Morgan fingerprint density at radius 3 is 2.84 bits per heavy atom. The third kappa shape index (κ3) is 3.80. The Labute approximate surface area is 183 Å². The van der Waals surface area contributed by atoms with Crippen LogP contribution in [0, 0.1) is 5.41 Å². The molecule has 1 saturated heterocycles. The monoisotopic (exact) mass is 422 g/mol. The van der Waals surface area contributed by atoms with Crippen molar-refractivity contribution < 1.29 is 24.1 Å². The average molecular weight is 423 g/mol. The highest BCUT2D eigenvalue weighted by atomic mass is 16.5. The first-order valence-corrected chi connectivity index (χ1v) is 11.3. The Bertz CT molecular complexity index is 995. The predicted octanol–water partition coefficient (Wildman–Crippen LogP) is 5.58. The number of aliphatic carboxylic acids is 1. The molecule has 0 bridgehead atoms. The fourth-order valence-electron chi connectivity index (χ4n) is 5.48. The standard InChI is InChI=1S/C26H30O5/c1-26(2)11-4-12-29-25(26)21-6-3-5-20-19(21)9-10-22(20)31-17-7-8-18-16(13-24(27)28)15-30-23(18)14-17/h3,5-8,14,16,22,25H,4,9-13,15H2,1-2H3,(H,27,28)/t16-,22-,25-/m1/s1. The molecule has 1 fully saturated rings. The molecule has 0 unspecified atom stereocenters. The van der Waals surface area contributed by atoms with Crippen molar-refractivity contribution in [2.75, 3.05) is 13.2 Å². The molecular weight excluding hydrogens is 392 g/mol. The topological polar surface area (TPSA) is 65.0 Å². The van der Waals surface area contributed by atoms with E-state index in [-0.39, 0.29) is 30.0 Å². The molecule has 0 spiro atoms. The van der Waals surface area contributed by atoms with E-state index >= 15 is 0 Å². The summed E-state index contributed by atoms with van der Waals surface area (Å²) in [4.78, 5) is 11.1. The molecule has 5 heteroatoms. The number of carbonyl (C=O) groups is 1. The van der Waals surface area contributed by atoms with Gasteiger partial charge in [0.2, 0.25) is 0 Å². The lowest BCUT2D eigenvalue weighted by atomic mass is 9.76. The lowest BCUT2D eigenvalue weighted by Gasteiger charge is -2.39. The van der Waals surface area contributed by atoms with E-state index in [0.717, 1.165) is 42.9 Å². The molecule has 0 radical (unpaired) electrons. The number of hydrogen-bond donors (Lipinski definition) is 1. The van der Waals surface area contributed by atoms with E-state index in [9.17, 15) is 4.79 Å². The van der Waals surface area contributed by atoms with Crippen molar-refractivity contribution in [1.82, 2.24) is 0 Å². The van der Waals surface area contributed by atoms with Crippen LogP contribution in [-0.2, 0) is 16.0 Å². The van der Waals surface area contributed by atoms with Crippen LogP contribution in [0.15, 0.2) is 36.4 Å². The van der Waals surface area contributed by atoms with E-state index in [0.29, 0.717) is 6.61 Å². The summed E-state index contributed by atoms with van der Waals surface area (Å²) in [5.74, 6) is 0.626. The van der Waals surface area contributed by atoms with Gasteiger partial charge in [-0.25, -0.2) is 0 Å². The summed E-state index contributed by atoms with van der Waals surface area (Å²) in [7, 11) is 0. The Hall–Kier alpha value is -2.53. The van der Waals surface area contributed by atoms with Gasteiger partial charge in [0, 0.05) is 24.2 Å². The average Bonchev–Trinajstić information content (AvgIpc) is 3.32. The van der Waals surface area contributed by atoms with E-state index in [2.05, 4.69) is 32.0 Å². The first-order chi connectivity index (χ1) is 14.9. The molecule has 5 rings (SSSR count). The van der Waals surface area contributed by atoms with Gasteiger partial charge in [0.05, 0.1) is 19.1 Å². The maximum absolute atomic E-state index is 11.1. The van der Waals surface area contributed by atoms with Crippen LogP contribution < -0.4 is 9.47 Å². The van der Waals surface area contributed by atoms with Crippen LogP contribution in [0.5, 0.6) is 11.5 Å². The highest BCUT2D eigenvalue weighted by molar-refractivity contribution is 5.68. The minimum absolute atomic E-state index is 0.0101. The van der Waals surface area contributed by atoms with E-state index in [4.69, 9.17) is 19.3 Å². The molecule has 0 amide bonds. The minimum atomic E-state index is -0.801. The van der Waals surface area contributed by atoms with Crippen molar-refractivity contribution >= 4 is 5.97 Å². The Morgan fingerprint density at radius 1 is 1.19 bits per heavy atom. The van der Waals surface area contributed by atoms with E-state index < -0.39 is 5.97 Å². The van der Waals surface area contributed by atoms with Gasteiger partial charge in [-0.3, -0.25) is 4.79 Å². The highest BCUT2D eigenvalue weighted by Crippen LogP contribution is 2.48. The number of fused-ring (bicyclic) bond motifs is 2. The molecule has 3 aliphatic rings. The molecule has 164 valence electrons. The number of carboxylic acid groups (broad SMARTS) is 1. The van der Waals surface area contributed by atoms with Gasteiger partial charge < -0.3 is 19.3 Å². The first-order valence-electron chi connectivity index (χ1n) is 11.3. The van der Waals surface area contributed by atoms with Crippen molar-refractivity contribution in [3.8, 4) is 11.5 Å². The molecule has 2 heterocycles. The lowest BCUT2D eigenvalue weighted by Crippen LogP contribution is -2.30. The second kappa shape index (κ2) is 7.86. The van der Waals surface area contributed by atoms with E-state index in [1.165, 1.54) is 23.1 Å². The van der Waals surface area contributed by atoms with Crippen LogP contribution in [0.4, 0.5) is 0 Å². The molecule has 0 saturated carbocycles. The van der Waals surface area contributed by atoms with E-state index in [1.54, 1.807) is 0 Å². The van der Waals surface area contributed by atoms with Crippen molar-refractivity contribution in [1.29, 1.82) is 0 Å². The lowest BCUT2D eigenvalue weighted by molar-refractivity contribution is -0.137. The maximum atomic E-state index is 11.1. The van der Waals surface area contributed by atoms with Gasteiger partial charge in [-0.15, -0.1) is 0 Å². The molecule has 1 N–H and O–H groups in total. The van der Waals surface area contributed by atoms with Gasteiger partial charge in [-0.1, -0.05) is 38.1 Å². The second-order valence-corrected chi connectivity index (χ2v) is 9.71. The molecule has 2 aromatic carbocycles. The zero-order valence-corrected chi connectivity index (χ0v) is 18.2. The zero-order chi connectivity index (χ0) is 21.6. The van der Waals surface area contributed by atoms with Crippen molar-refractivity contribution in [3.63, 3.8) is 0 Å². The van der Waals surface area contributed by atoms with Crippen molar-refractivity contribution in [2.45, 2.75) is 64.1 Å². The van der Waals surface area contributed by atoms with Gasteiger partial charge in [-0.2, -0.15) is 0 Å². The zero-order valence-electron chi connectivity index (χ0n) is 18.2. The second-order valence-electron chi connectivity index (χ2n) is 9.71. The SMILES string of the molecule is CC1(C)CCCO[C@@H]1c1cccc2c1CC[C@H]2Oc1ccc2c(c1)OC[C@H]2CC(=O)O. The molecular formula is C26H30O5. The molecule has 2 aromatic rings. The summed E-state index contributed by atoms with van der Waals surface area (Å²) >= 11 is 0. The van der Waals surface area contributed by atoms with E-state index in [1.807, 2.05) is 18.2 Å². The number of ether oxygens (including phenoxy) is 3. The van der Waals surface area contributed by atoms with Gasteiger partial charge in [0.25, 0.3) is 0 Å². The van der Waals surface area contributed by atoms with Crippen LogP contribution in [0.25, 0.3) is 0 Å². The molecule has 31 heavy (non-hydrogen) atoms. The fraction of sp³-hybridized carbons (Fsp3) is 0.500. The van der Waals surface area contributed by atoms with Crippen molar-refractivity contribution in [3.05, 3.63) is 58.7 Å². The first kappa shape index (κ1) is 20.4. The molecule has 3 atom stereocenters. The van der Waals surface area contributed by atoms with Crippen molar-refractivity contribution in [2.24, 2.45) is 5.41 Å². The van der Waals surface area contributed by atoms with Gasteiger partial charge >= 0.3 is 5.97 Å². The summed E-state index contributed by atoms with van der Waals surface area (Å²) in [6.45, 7) is 5.86. The Morgan fingerprint density at radius 2 is 2.03 bits per heavy atom. The summed E-state index contributed by atoms with van der Waals surface area (Å²) in [6, 6.07) is 12.3. The highest BCUT2D eigenvalue weighted by Gasteiger charge is 2.38. The van der Waals surface area contributed by atoms with Crippen LogP contribution >= 0.6 is 0 Å². The quantitative estimate of drug-likeness (QED) is 0.681. The molecule has 2 aliphatic heterocycles. The normalized spacial score (nSPS) is 26.1. The van der Waals surface area contributed by atoms with Gasteiger partial charge in [0.15, 0.2) is 0 Å². The number of benzene rings is 2. The van der Waals surface area contributed by atoms with Crippen LogP contribution in [0.2, 0.25) is 0 Å². The minimum Gasteiger partial charge on any atom is -0.492 e. The number of hydrogen-bond acceptors (Lipinski definition) is 4. The molecule has 1 aliphatic carbocycles. The summed E-state index contributed by atoms with van der Waals surface area (Å²) in [6.07, 6.45) is 4.47. The largest absolute Gasteiger partial charge is 0.492 e. The molecule has 5 nitrogen and oxygen atoms in total. The maximum Gasteiger partial charge on any atom is 0.304 e. The third-order valence-electron chi connectivity index (χ3n) is 7.06. The third-order valence-corrected chi connectivity index (χ3v) is 7.06. The number of carboxylic acids is 1. The van der Waals surface area contributed by atoms with Gasteiger partial charge in [-0.05, 0) is 53.9 Å². The summed E-state index contributed by atoms with van der Waals surface area (Å²) in [5.41, 5.74) is 5.05. The Balaban J connectivity index is 1.37. The Kier molecular flexibility index (Phi) is 5.17. The summed E-state index contributed by atoms with van der Waals surface area (Å²) in [5, 5.41) is 9.10. The predicted molar refractivity (Wildman–Crippen MR) is 117 cm³/mol. The summed E-state index contributed by atoms with van der Waals surface area (Å²) < 4.78 is 18.4. The molecule has 0 aromatic heterocycles. The van der Waals surface area contributed by atoms with Crippen LogP contribution in [-0.4, -0.2) is 24.3 Å². The van der Waals surface area contributed by atoms with Gasteiger partial charge in [0.1, 0.15) is 17.6 Å². The van der Waals surface area contributed by atoms with Crippen LogP contribution in [0.1, 0.15) is 79.9 Å². The van der Waals surface area contributed by atoms with Crippen LogP contribution in [0.3, 0.4) is 0 Å². The smallest absolute Gasteiger partial charge is 0.304 e. The fourth-order valence-corrected chi connectivity index (χ4v) is 5.48.